The van der Waals surface area contributed by atoms with Gasteiger partial charge in [-0.2, -0.15) is 0 Å². The van der Waals surface area contributed by atoms with Gasteiger partial charge in [-0.25, -0.2) is 9.13 Å². The van der Waals surface area contributed by atoms with Crippen molar-refractivity contribution in [1.29, 1.82) is 0 Å². The molecule has 5 atom stereocenters. The molecule has 93 heavy (non-hydrogen) atoms. The summed E-state index contributed by atoms with van der Waals surface area (Å²) >= 11 is 0. The lowest BCUT2D eigenvalue weighted by molar-refractivity contribution is -0.161. The van der Waals surface area contributed by atoms with Crippen LogP contribution in [0.5, 0.6) is 0 Å². The number of aliphatic hydroxyl groups is 1. The van der Waals surface area contributed by atoms with Crippen LogP contribution in [0.4, 0.5) is 0 Å². The van der Waals surface area contributed by atoms with Crippen LogP contribution in [0.1, 0.15) is 394 Å². The third-order valence-electron chi connectivity index (χ3n) is 17.4. The molecule has 0 aromatic heterocycles. The highest BCUT2D eigenvalue weighted by atomic mass is 31.2. The molecule has 0 fully saturated rings. The minimum atomic E-state index is -4.95. The molecule has 0 rings (SSSR count). The summed E-state index contributed by atoms with van der Waals surface area (Å²) in [6.45, 7) is 4.95. The normalized spacial score (nSPS) is 13.9. The minimum Gasteiger partial charge on any atom is -0.462 e. The van der Waals surface area contributed by atoms with Crippen molar-refractivity contribution >= 4 is 39.5 Å². The number of esters is 4. The first-order chi connectivity index (χ1) is 45.2. The van der Waals surface area contributed by atoms with Gasteiger partial charge in [-0.1, -0.05) is 342 Å². The molecule has 0 saturated heterocycles. The van der Waals surface area contributed by atoms with Crippen molar-refractivity contribution in [1.82, 2.24) is 0 Å². The predicted molar refractivity (Wildman–Crippen MR) is 377 cm³/mol. The molecule has 0 heterocycles. The molecule has 19 heteroatoms. The fourth-order valence-corrected chi connectivity index (χ4v) is 13.0. The molecule has 0 aromatic carbocycles. The Bertz CT molecular complexity index is 1770. The number of hydrogen-bond donors (Lipinski definition) is 3. The van der Waals surface area contributed by atoms with Crippen molar-refractivity contribution < 1.29 is 80.2 Å². The summed E-state index contributed by atoms with van der Waals surface area (Å²) in [6, 6.07) is 0. The van der Waals surface area contributed by atoms with Gasteiger partial charge in [-0.15, -0.1) is 0 Å². The molecule has 0 aliphatic rings. The molecule has 0 radical (unpaired) electrons. The van der Waals surface area contributed by atoms with E-state index >= 15 is 0 Å². The van der Waals surface area contributed by atoms with Crippen LogP contribution in [0.3, 0.4) is 0 Å². The average Bonchev–Trinajstić information content (AvgIpc) is 2.89. The Morgan fingerprint density at radius 2 is 0.430 bits per heavy atom. The van der Waals surface area contributed by atoms with Crippen LogP contribution in [0.15, 0.2) is 0 Å². The van der Waals surface area contributed by atoms with E-state index < -0.39 is 97.5 Å². The van der Waals surface area contributed by atoms with Gasteiger partial charge in [-0.3, -0.25) is 37.3 Å². The molecule has 0 spiro atoms. The third-order valence-corrected chi connectivity index (χ3v) is 19.3. The first-order valence-corrected chi connectivity index (χ1v) is 41.8. The molecule has 0 bridgehead atoms. The first-order valence-electron chi connectivity index (χ1n) is 38.8. The standard InChI is InChI=1S/C74H144O17P2/c1-5-9-13-17-21-25-29-30-31-32-33-34-35-36-37-38-41-45-49-53-57-61-74(79)91-70(65-85-72(77)59-55-51-47-43-39-26-22-18-14-10-6-2)67-89-93(82,83)87-63-68(75)62-86-92(80,81)88-66-69(64-84-71(76)58-54-50-46-42-28-24-20-16-12-8-4)90-73(78)60-56-52-48-44-40-27-23-19-15-11-7-3/h68-70,75H,5-67H2,1-4H3,(H,80,81)(H,82,83)/t68-,69+,70+/m0/s1. The summed E-state index contributed by atoms with van der Waals surface area (Å²) in [6.07, 6.45) is 58.3. The van der Waals surface area contributed by atoms with Crippen LogP contribution in [0, 0.1) is 0 Å². The van der Waals surface area contributed by atoms with Crippen molar-refractivity contribution in [2.45, 2.75) is 412 Å². The Morgan fingerprint density at radius 3 is 0.634 bits per heavy atom. The van der Waals surface area contributed by atoms with Gasteiger partial charge in [0, 0.05) is 25.7 Å². The van der Waals surface area contributed by atoms with Crippen molar-refractivity contribution in [2.75, 3.05) is 39.6 Å². The van der Waals surface area contributed by atoms with E-state index in [4.69, 9.17) is 37.0 Å². The smallest absolute Gasteiger partial charge is 0.462 e. The molecule has 17 nitrogen and oxygen atoms in total. The fourth-order valence-electron chi connectivity index (χ4n) is 11.4. The lowest BCUT2D eigenvalue weighted by Gasteiger charge is -2.21. The fraction of sp³-hybridized carbons (Fsp3) is 0.946. The predicted octanol–water partition coefficient (Wildman–Crippen LogP) is 21.8. The molecule has 552 valence electrons. The van der Waals surface area contributed by atoms with Crippen LogP contribution in [0.25, 0.3) is 0 Å². The maximum atomic E-state index is 13.1. The van der Waals surface area contributed by atoms with Crippen molar-refractivity contribution in [3.05, 3.63) is 0 Å². The number of aliphatic hydroxyl groups excluding tert-OH is 1. The molecule has 0 aliphatic carbocycles. The second-order valence-electron chi connectivity index (χ2n) is 26.7. The lowest BCUT2D eigenvalue weighted by Crippen LogP contribution is -2.30. The Morgan fingerprint density at radius 1 is 0.258 bits per heavy atom. The van der Waals surface area contributed by atoms with Gasteiger partial charge >= 0.3 is 39.5 Å². The molecule has 0 aliphatic heterocycles. The quantitative estimate of drug-likeness (QED) is 0.0222. The van der Waals surface area contributed by atoms with E-state index in [0.29, 0.717) is 25.7 Å². The zero-order chi connectivity index (χ0) is 68.2. The monoisotopic (exact) mass is 1370 g/mol. The lowest BCUT2D eigenvalue weighted by atomic mass is 10.0. The van der Waals surface area contributed by atoms with Gasteiger partial charge in [0.2, 0.25) is 0 Å². The SMILES string of the molecule is CCCCCCCCCCCCCCCCCCCCCCCC(=O)O[C@H](COC(=O)CCCCCCCCCCCCC)COP(=O)(O)OC[C@@H](O)COP(=O)(O)OC[C@@H](COC(=O)CCCCCCCCCCCC)OC(=O)CCCCCCCCCCCCC. The molecule has 0 amide bonds. The summed E-state index contributed by atoms with van der Waals surface area (Å²) in [5, 5.41) is 10.6. The second-order valence-corrected chi connectivity index (χ2v) is 29.6. The van der Waals surface area contributed by atoms with Crippen LogP contribution < -0.4 is 0 Å². The highest BCUT2D eigenvalue weighted by Gasteiger charge is 2.30. The van der Waals surface area contributed by atoms with Gasteiger partial charge in [0.05, 0.1) is 26.4 Å². The van der Waals surface area contributed by atoms with Gasteiger partial charge in [0.1, 0.15) is 19.3 Å². The maximum Gasteiger partial charge on any atom is 0.472 e. The minimum absolute atomic E-state index is 0.108. The molecule has 0 aromatic rings. The van der Waals surface area contributed by atoms with Gasteiger partial charge in [-0.05, 0) is 25.7 Å². The van der Waals surface area contributed by atoms with Gasteiger partial charge in [0.15, 0.2) is 12.2 Å². The highest BCUT2D eigenvalue weighted by Crippen LogP contribution is 2.45. The van der Waals surface area contributed by atoms with Gasteiger partial charge < -0.3 is 33.8 Å². The molecular formula is C74H144O17P2. The van der Waals surface area contributed by atoms with Crippen LogP contribution in [-0.2, 0) is 65.4 Å². The van der Waals surface area contributed by atoms with Crippen molar-refractivity contribution in [2.24, 2.45) is 0 Å². The van der Waals surface area contributed by atoms with E-state index in [1.807, 2.05) is 0 Å². The third kappa shape index (κ3) is 68.4. The van der Waals surface area contributed by atoms with E-state index in [9.17, 15) is 43.2 Å². The first kappa shape index (κ1) is 91.1. The van der Waals surface area contributed by atoms with E-state index in [2.05, 4.69) is 27.7 Å². The van der Waals surface area contributed by atoms with E-state index in [0.717, 1.165) is 89.9 Å². The van der Waals surface area contributed by atoms with Crippen LogP contribution in [0.2, 0.25) is 0 Å². The number of rotatable bonds is 75. The number of carbonyl (C=O) groups is 4. The number of carbonyl (C=O) groups excluding carboxylic acids is 4. The van der Waals surface area contributed by atoms with E-state index in [-0.39, 0.29) is 25.7 Å². The summed E-state index contributed by atoms with van der Waals surface area (Å²) in [5.74, 6) is -2.12. The van der Waals surface area contributed by atoms with Crippen molar-refractivity contribution in [3.8, 4) is 0 Å². The summed E-state index contributed by atoms with van der Waals surface area (Å²) in [7, 11) is -9.90. The number of phosphoric ester groups is 2. The van der Waals surface area contributed by atoms with E-state index in [1.54, 1.807) is 0 Å². The summed E-state index contributed by atoms with van der Waals surface area (Å²) < 4.78 is 68.4. The topological polar surface area (TPSA) is 237 Å². The Labute approximate surface area is 568 Å². The Hall–Kier alpha value is -1.94. The molecule has 3 N–H and O–H groups in total. The summed E-state index contributed by atoms with van der Waals surface area (Å²) in [4.78, 5) is 72.6. The Balaban J connectivity index is 5.16. The number of unbranched alkanes of at least 4 members (excludes halogenated alkanes) is 49. The number of hydrogen-bond acceptors (Lipinski definition) is 15. The second kappa shape index (κ2) is 68.6. The van der Waals surface area contributed by atoms with Gasteiger partial charge in [0.25, 0.3) is 0 Å². The summed E-state index contributed by atoms with van der Waals surface area (Å²) in [5.41, 5.74) is 0. The van der Waals surface area contributed by atoms with Crippen LogP contribution in [-0.4, -0.2) is 96.7 Å². The maximum absolute atomic E-state index is 13.1. The number of ether oxygens (including phenoxy) is 4. The van der Waals surface area contributed by atoms with Crippen LogP contribution >= 0.6 is 15.6 Å². The number of phosphoric acid groups is 2. The van der Waals surface area contributed by atoms with E-state index in [1.165, 1.54) is 225 Å². The Kier molecular flexibility index (Phi) is 67.1. The average molecular weight is 1370 g/mol. The zero-order valence-corrected chi connectivity index (χ0v) is 62.0. The molecular weight excluding hydrogens is 1220 g/mol. The largest absolute Gasteiger partial charge is 0.472 e. The molecule has 0 saturated carbocycles. The highest BCUT2D eigenvalue weighted by molar-refractivity contribution is 7.47. The van der Waals surface area contributed by atoms with Crippen molar-refractivity contribution in [3.63, 3.8) is 0 Å². The molecule has 2 unspecified atom stereocenters. The zero-order valence-electron chi connectivity index (χ0n) is 60.2.